The summed E-state index contributed by atoms with van der Waals surface area (Å²) in [5, 5.41) is 4.84. The Morgan fingerprint density at radius 2 is 1.97 bits per heavy atom. The van der Waals surface area contributed by atoms with Crippen LogP contribution in [0, 0.1) is 0 Å². The van der Waals surface area contributed by atoms with Gasteiger partial charge in [0.1, 0.15) is 11.2 Å². The van der Waals surface area contributed by atoms with Crippen LogP contribution in [0.5, 0.6) is 11.6 Å². The fourth-order valence-electron chi connectivity index (χ4n) is 4.71. The van der Waals surface area contributed by atoms with Gasteiger partial charge in [-0.1, -0.05) is 0 Å². The number of methoxy groups -OCH3 is 2. The van der Waals surface area contributed by atoms with E-state index in [9.17, 15) is 0 Å². The fourth-order valence-corrected chi connectivity index (χ4v) is 4.71. The van der Waals surface area contributed by atoms with Crippen molar-refractivity contribution in [3.05, 3.63) is 36.2 Å². The first-order chi connectivity index (χ1) is 15.6. The molecule has 4 heterocycles. The number of nitrogens with zero attached hydrogens (tertiary/aromatic N) is 3. The van der Waals surface area contributed by atoms with Gasteiger partial charge in [-0.15, -0.1) is 12.4 Å². The molecule has 33 heavy (non-hydrogen) atoms. The zero-order valence-corrected chi connectivity index (χ0v) is 20.0. The molecule has 8 nitrogen and oxygen atoms in total. The minimum atomic E-state index is 0. The van der Waals surface area contributed by atoms with E-state index in [-0.39, 0.29) is 12.4 Å². The monoisotopic (exact) mass is 470 g/mol. The average Bonchev–Trinajstić information content (AvgIpc) is 3.39. The zero-order chi connectivity index (χ0) is 22.2. The largest absolute Gasteiger partial charge is 0.491 e. The molecule has 176 valence electrons. The molecule has 0 bridgehead atoms. The van der Waals surface area contributed by atoms with E-state index < -0.39 is 0 Å². The van der Waals surface area contributed by atoms with Crippen LogP contribution in [0.1, 0.15) is 31.2 Å². The van der Waals surface area contributed by atoms with E-state index in [1.54, 1.807) is 14.2 Å². The third-order valence-corrected chi connectivity index (χ3v) is 6.57. The Balaban J connectivity index is 0.00000259. The summed E-state index contributed by atoms with van der Waals surface area (Å²) >= 11 is 0. The van der Waals surface area contributed by atoms with Crippen LogP contribution >= 0.6 is 12.4 Å². The van der Waals surface area contributed by atoms with Gasteiger partial charge in [-0.25, -0.2) is 9.97 Å². The van der Waals surface area contributed by atoms with Gasteiger partial charge < -0.3 is 30.1 Å². The summed E-state index contributed by atoms with van der Waals surface area (Å²) in [5.41, 5.74) is 12.0. The lowest BCUT2D eigenvalue weighted by atomic mass is 9.91. The highest BCUT2D eigenvalue weighted by Gasteiger charge is 2.20. The van der Waals surface area contributed by atoms with Crippen molar-refractivity contribution in [2.24, 2.45) is 12.8 Å². The fraction of sp³-hybridized carbons (Fsp3) is 0.417. The van der Waals surface area contributed by atoms with Gasteiger partial charge in [0.05, 0.1) is 25.4 Å². The van der Waals surface area contributed by atoms with Gasteiger partial charge in [0.2, 0.25) is 0 Å². The predicted octanol–water partition coefficient (Wildman–Crippen LogP) is 3.92. The number of aromatic amines is 1. The second-order valence-electron chi connectivity index (χ2n) is 8.63. The minimum absolute atomic E-state index is 0. The number of H-pyrrole nitrogens is 1. The van der Waals surface area contributed by atoms with Gasteiger partial charge in [-0.2, -0.15) is 0 Å². The van der Waals surface area contributed by atoms with Crippen molar-refractivity contribution in [3.63, 3.8) is 0 Å². The number of aromatic nitrogens is 4. The molecule has 9 heteroatoms. The topological polar surface area (TPSA) is 103 Å². The maximum absolute atomic E-state index is 6.05. The van der Waals surface area contributed by atoms with E-state index in [1.165, 1.54) is 5.56 Å². The van der Waals surface area contributed by atoms with Gasteiger partial charge in [-0.05, 0) is 43.4 Å². The molecule has 5 rings (SSSR count). The number of hydrogen-bond donors (Lipinski definition) is 3. The van der Waals surface area contributed by atoms with Crippen LogP contribution in [0.25, 0.3) is 33.3 Å². The summed E-state index contributed by atoms with van der Waals surface area (Å²) in [6, 6.07) is 7.11. The van der Waals surface area contributed by atoms with E-state index in [0.717, 1.165) is 65.6 Å². The lowest BCUT2D eigenvalue weighted by Crippen LogP contribution is -2.37. The number of halogens is 1. The summed E-state index contributed by atoms with van der Waals surface area (Å²) < 4.78 is 12.9. The average molecular weight is 471 g/mol. The number of hydrogen-bond acceptors (Lipinski definition) is 6. The lowest BCUT2D eigenvalue weighted by molar-refractivity contribution is 0.342. The molecule has 0 atom stereocenters. The van der Waals surface area contributed by atoms with Crippen LogP contribution in [0.2, 0.25) is 0 Å². The van der Waals surface area contributed by atoms with Crippen molar-refractivity contribution in [3.8, 4) is 22.9 Å². The molecule has 0 radical (unpaired) electrons. The first-order valence-electron chi connectivity index (χ1n) is 11.1. The number of nitrogens with two attached hydrogens (primary N) is 1. The number of fused-ring (bicyclic) bond motifs is 2. The molecule has 1 aliphatic rings. The summed E-state index contributed by atoms with van der Waals surface area (Å²) in [7, 11) is 5.23. The van der Waals surface area contributed by atoms with Crippen molar-refractivity contribution in [1.82, 2.24) is 24.8 Å². The summed E-state index contributed by atoms with van der Waals surface area (Å²) in [6.07, 6.45) is 8.41. The molecular formula is C24H31ClN6O2. The summed E-state index contributed by atoms with van der Waals surface area (Å²) in [6.45, 7) is 0.815. The molecule has 1 fully saturated rings. The molecule has 1 aliphatic carbocycles. The maximum Gasteiger partial charge on any atom is 0.257 e. The van der Waals surface area contributed by atoms with E-state index >= 15 is 0 Å². The third kappa shape index (κ3) is 4.38. The van der Waals surface area contributed by atoms with Crippen molar-refractivity contribution in [2.45, 2.75) is 44.3 Å². The van der Waals surface area contributed by atoms with E-state index in [0.29, 0.717) is 23.7 Å². The van der Waals surface area contributed by atoms with Crippen LogP contribution in [0.15, 0.2) is 30.6 Å². The molecule has 4 aromatic heterocycles. The van der Waals surface area contributed by atoms with Gasteiger partial charge in [0, 0.05) is 55.1 Å². The Hall–Kier alpha value is -2.81. The predicted molar refractivity (Wildman–Crippen MR) is 133 cm³/mol. The number of rotatable bonds is 6. The number of ether oxygens (including phenoxy) is 2. The summed E-state index contributed by atoms with van der Waals surface area (Å²) in [5.74, 6) is 1.09. The Kier molecular flexibility index (Phi) is 6.78. The first kappa shape index (κ1) is 23.4. The van der Waals surface area contributed by atoms with Crippen LogP contribution in [-0.2, 0) is 13.6 Å². The van der Waals surface area contributed by atoms with E-state index in [1.807, 2.05) is 19.3 Å². The molecule has 0 aromatic carbocycles. The molecule has 0 amide bonds. The maximum atomic E-state index is 6.05. The second kappa shape index (κ2) is 9.59. The van der Waals surface area contributed by atoms with Crippen molar-refractivity contribution in [2.75, 3.05) is 14.2 Å². The Bertz CT molecular complexity index is 1260. The highest BCUT2D eigenvalue weighted by atomic mass is 35.5. The molecule has 0 aliphatic heterocycles. The third-order valence-electron chi connectivity index (χ3n) is 6.57. The number of pyridine rings is 2. The normalized spacial score (nSPS) is 18.4. The van der Waals surface area contributed by atoms with Crippen molar-refractivity contribution in [1.29, 1.82) is 0 Å². The molecule has 4 N–H and O–H groups in total. The highest BCUT2D eigenvalue weighted by molar-refractivity contribution is 5.96. The van der Waals surface area contributed by atoms with Crippen LogP contribution in [0.4, 0.5) is 0 Å². The van der Waals surface area contributed by atoms with Crippen LogP contribution in [-0.4, -0.2) is 45.8 Å². The Morgan fingerprint density at radius 3 is 2.70 bits per heavy atom. The number of aryl methyl sites for hydroxylation is 1. The summed E-state index contributed by atoms with van der Waals surface area (Å²) in [4.78, 5) is 12.8. The molecule has 0 spiro atoms. The van der Waals surface area contributed by atoms with E-state index in [2.05, 4.69) is 38.2 Å². The van der Waals surface area contributed by atoms with Crippen LogP contribution in [0.3, 0.4) is 0 Å². The minimum Gasteiger partial charge on any atom is -0.491 e. The molecule has 1 saturated carbocycles. The van der Waals surface area contributed by atoms with Gasteiger partial charge >= 0.3 is 0 Å². The standard InChI is InChI=1S/C24H30N6O2.ClH/c1-30-13-18(22-20(30)11-21(31-2)24(29-22)32-3)19-10-17-14(8-9-26-23(17)28-19)12-27-16-6-4-15(25)5-7-16;/h8-11,13,15-16,27H,4-7,12,25H2,1-3H3,(H,26,28);1H. The molecule has 0 saturated heterocycles. The lowest BCUT2D eigenvalue weighted by Gasteiger charge is -2.27. The smallest absolute Gasteiger partial charge is 0.257 e. The second-order valence-corrected chi connectivity index (χ2v) is 8.63. The van der Waals surface area contributed by atoms with Gasteiger partial charge in [0.15, 0.2) is 5.75 Å². The van der Waals surface area contributed by atoms with Crippen molar-refractivity contribution >= 4 is 34.5 Å². The van der Waals surface area contributed by atoms with Crippen molar-refractivity contribution < 1.29 is 9.47 Å². The quantitative estimate of drug-likeness (QED) is 0.394. The van der Waals surface area contributed by atoms with Gasteiger partial charge in [-0.3, -0.25) is 0 Å². The molecular weight excluding hydrogens is 440 g/mol. The van der Waals surface area contributed by atoms with Gasteiger partial charge in [0.25, 0.3) is 5.88 Å². The van der Waals surface area contributed by atoms with E-state index in [4.69, 9.17) is 20.2 Å². The highest BCUT2D eigenvalue weighted by Crippen LogP contribution is 2.36. The molecule has 4 aromatic rings. The Morgan fingerprint density at radius 1 is 1.18 bits per heavy atom. The number of nitrogens with one attached hydrogen (secondary N) is 2. The first-order valence-corrected chi connectivity index (χ1v) is 11.1. The van der Waals surface area contributed by atoms with Crippen LogP contribution < -0.4 is 20.5 Å². The zero-order valence-electron chi connectivity index (χ0n) is 19.2. The molecule has 0 unspecified atom stereocenters. The Labute approximate surface area is 199 Å². The SMILES string of the molecule is COc1cc2c(nc1OC)c(-c1cc3c(CNC4CCC(N)CC4)ccnc3[nH]1)cn2C.Cl.